The topological polar surface area (TPSA) is 45.2 Å². The molecule has 0 spiro atoms. The molecule has 25 heavy (non-hydrogen) atoms. The number of hydrogen-bond donors (Lipinski definition) is 0. The summed E-state index contributed by atoms with van der Waals surface area (Å²) in [6.45, 7) is 4.22. The minimum Gasteiger partial charge on any atom is -0.353 e. The van der Waals surface area contributed by atoms with Crippen molar-refractivity contribution in [3.05, 3.63) is 35.0 Å². The van der Waals surface area contributed by atoms with Crippen molar-refractivity contribution in [1.82, 2.24) is 19.9 Å². The van der Waals surface area contributed by atoms with E-state index in [1.807, 2.05) is 29.7 Å². The van der Waals surface area contributed by atoms with Crippen LogP contribution in [0.25, 0.3) is 21.6 Å². The van der Waals surface area contributed by atoms with Crippen molar-refractivity contribution in [2.45, 2.75) is 19.3 Å². The Morgan fingerprint density at radius 3 is 2.76 bits per heavy atom. The third-order valence-electron chi connectivity index (χ3n) is 5.27. The zero-order valence-corrected chi connectivity index (χ0v) is 15.2. The normalized spacial score (nSPS) is 18.0. The molecule has 3 aromatic heterocycles. The summed E-state index contributed by atoms with van der Waals surface area (Å²) in [4.78, 5) is 21.7. The van der Waals surface area contributed by atoms with Crippen LogP contribution in [0.15, 0.2) is 24.5 Å². The van der Waals surface area contributed by atoms with Crippen molar-refractivity contribution in [3.63, 3.8) is 0 Å². The fraction of sp³-hybridized carbons (Fsp3) is 0.421. The molecule has 5 nitrogen and oxygen atoms in total. The van der Waals surface area contributed by atoms with Crippen molar-refractivity contribution in [2.75, 3.05) is 38.1 Å². The Bertz CT molecular complexity index is 912. The summed E-state index contributed by atoms with van der Waals surface area (Å²) < 4.78 is 0. The molecule has 0 unspecified atom stereocenters. The van der Waals surface area contributed by atoms with E-state index in [2.05, 4.69) is 21.8 Å². The second-order valence-electron chi connectivity index (χ2n) is 6.94. The van der Waals surface area contributed by atoms with Crippen LogP contribution >= 0.6 is 11.3 Å². The molecule has 0 bridgehead atoms. The van der Waals surface area contributed by atoms with E-state index in [1.165, 1.54) is 35.1 Å². The number of anilines is 1. The number of aromatic nitrogens is 3. The maximum absolute atomic E-state index is 5.03. The average Bonchev–Trinajstić information content (AvgIpc) is 3.23. The van der Waals surface area contributed by atoms with Crippen molar-refractivity contribution in [3.8, 4) is 11.4 Å². The van der Waals surface area contributed by atoms with E-state index in [-0.39, 0.29) is 0 Å². The number of piperazine rings is 1. The Morgan fingerprint density at radius 2 is 1.96 bits per heavy atom. The first kappa shape index (κ1) is 15.2. The summed E-state index contributed by atoms with van der Waals surface area (Å²) in [5.41, 5.74) is 2.50. The van der Waals surface area contributed by atoms with E-state index in [9.17, 15) is 0 Å². The van der Waals surface area contributed by atoms with Crippen LogP contribution in [0.2, 0.25) is 0 Å². The van der Waals surface area contributed by atoms with Crippen LogP contribution in [0, 0.1) is 0 Å². The molecular weight excluding hydrogens is 330 g/mol. The van der Waals surface area contributed by atoms with Gasteiger partial charge in [-0.2, -0.15) is 0 Å². The smallest absolute Gasteiger partial charge is 0.164 e. The van der Waals surface area contributed by atoms with Gasteiger partial charge in [-0.15, -0.1) is 11.3 Å². The first-order valence-corrected chi connectivity index (χ1v) is 9.77. The van der Waals surface area contributed by atoms with Crippen LogP contribution in [0.4, 0.5) is 5.82 Å². The summed E-state index contributed by atoms with van der Waals surface area (Å²) in [5.74, 6) is 1.94. The molecule has 5 rings (SSSR count). The van der Waals surface area contributed by atoms with Gasteiger partial charge < -0.3 is 9.80 Å². The maximum Gasteiger partial charge on any atom is 0.164 e. The lowest BCUT2D eigenvalue weighted by Gasteiger charge is -2.33. The number of thiophene rings is 1. The summed E-state index contributed by atoms with van der Waals surface area (Å²) >= 11 is 1.87. The lowest BCUT2D eigenvalue weighted by atomic mass is 10.1. The molecule has 0 radical (unpaired) electrons. The van der Waals surface area contributed by atoms with Crippen molar-refractivity contribution >= 4 is 27.4 Å². The highest BCUT2D eigenvalue weighted by Gasteiger charge is 2.26. The number of nitrogens with zero attached hydrogens (tertiary/aromatic N) is 5. The lowest BCUT2D eigenvalue weighted by molar-refractivity contribution is 0.312. The molecule has 0 saturated carbocycles. The van der Waals surface area contributed by atoms with Crippen LogP contribution in [0.1, 0.15) is 16.9 Å². The van der Waals surface area contributed by atoms with Crippen LogP contribution < -0.4 is 4.90 Å². The molecule has 128 valence electrons. The minimum absolute atomic E-state index is 0.800. The van der Waals surface area contributed by atoms with Gasteiger partial charge in [0, 0.05) is 49.0 Å². The Kier molecular flexibility index (Phi) is 3.68. The zero-order valence-electron chi connectivity index (χ0n) is 14.4. The average molecular weight is 351 g/mol. The summed E-state index contributed by atoms with van der Waals surface area (Å²) in [5, 5.41) is 1.31. The lowest BCUT2D eigenvalue weighted by Crippen LogP contribution is -2.45. The second kappa shape index (κ2) is 6.04. The van der Waals surface area contributed by atoms with Crippen molar-refractivity contribution < 1.29 is 0 Å². The molecule has 3 aromatic rings. The first-order chi connectivity index (χ1) is 12.3. The number of fused-ring (bicyclic) bond motifs is 3. The number of aryl methyl sites for hydroxylation is 2. The summed E-state index contributed by atoms with van der Waals surface area (Å²) in [7, 11) is 2.19. The molecule has 1 saturated heterocycles. The second-order valence-corrected chi connectivity index (χ2v) is 8.02. The first-order valence-electron chi connectivity index (χ1n) is 8.96. The van der Waals surface area contributed by atoms with E-state index < -0.39 is 0 Å². The van der Waals surface area contributed by atoms with E-state index in [1.54, 1.807) is 6.20 Å². The van der Waals surface area contributed by atoms with Gasteiger partial charge in [0.1, 0.15) is 10.6 Å². The third kappa shape index (κ3) is 2.60. The highest BCUT2D eigenvalue weighted by Crippen LogP contribution is 2.41. The molecule has 1 fully saturated rings. The van der Waals surface area contributed by atoms with Gasteiger partial charge in [-0.25, -0.2) is 9.97 Å². The highest BCUT2D eigenvalue weighted by molar-refractivity contribution is 7.19. The highest BCUT2D eigenvalue weighted by atomic mass is 32.1. The van der Waals surface area contributed by atoms with Gasteiger partial charge in [0.05, 0.1) is 5.39 Å². The molecular formula is C19H21N5S. The fourth-order valence-corrected chi connectivity index (χ4v) is 5.10. The minimum atomic E-state index is 0.800. The monoisotopic (exact) mass is 351 g/mol. The standard InChI is InChI=1S/C19H21N5S/c1-23-8-10-24(11-9-23)18-16-14-5-2-6-15(14)25-19(16)22-17(21-18)13-4-3-7-20-12-13/h3-4,7,12H,2,5-6,8-11H2,1H3. The number of pyridine rings is 1. The molecule has 0 aromatic carbocycles. The summed E-state index contributed by atoms with van der Waals surface area (Å²) in [6.07, 6.45) is 7.29. The predicted molar refractivity (Wildman–Crippen MR) is 102 cm³/mol. The molecule has 2 aliphatic rings. The van der Waals surface area contributed by atoms with Crippen LogP contribution in [0.3, 0.4) is 0 Å². The quantitative estimate of drug-likeness (QED) is 0.710. The third-order valence-corrected chi connectivity index (χ3v) is 6.45. The SMILES string of the molecule is CN1CCN(c2nc(-c3cccnc3)nc3sc4c(c23)CCC4)CC1. The van der Waals surface area contributed by atoms with Gasteiger partial charge in [-0.3, -0.25) is 4.98 Å². The van der Waals surface area contributed by atoms with Gasteiger partial charge in [-0.1, -0.05) is 0 Å². The largest absolute Gasteiger partial charge is 0.353 e. The number of hydrogen-bond acceptors (Lipinski definition) is 6. The van der Waals surface area contributed by atoms with Gasteiger partial charge in [-0.05, 0) is 44.0 Å². The van der Waals surface area contributed by atoms with Crippen LogP contribution in [-0.4, -0.2) is 53.1 Å². The van der Waals surface area contributed by atoms with E-state index in [0.717, 1.165) is 48.2 Å². The van der Waals surface area contributed by atoms with Gasteiger partial charge >= 0.3 is 0 Å². The molecule has 0 N–H and O–H groups in total. The maximum atomic E-state index is 5.03. The van der Waals surface area contributed by atoms with E-state index >= 15 is 0 Å². The molecule has 0 atom stereocenters. The Labute approximate surface area is 151 Å². The molecule has 0 amide bonds. The number of likely N-dealkylation sites (N-methyl/N-ethyl adjacent to an activating group) is 1. The van der Waals surface area contributed by atoms with Crippen molar-refractivity contribution in [1.29, 1.82) is 0 Å². The molecule has 4 heterocycles. The molecule has 1 aliphatic carbocycles. The van der Waals surface area contributed by atoms with Gasteiger partial charge in [0.15, 0.2) is 5.82 Å². The van der Waals surface area contributed by atoms with E-state index in [0.29, 0.717) is 0 Å². The van der Waals surface area contributed by atoms with Gasteiger partial charge in [0.25, 0.3) is 0 Å². The predicted octanol–water partition coefficient (Wildman–Crippen LogP) is 2.99. The van der Waals surface area contributed by atoms with Gasteiger partial charge in [0.2, 0.25) is 0 Å². The van der Waals surface area contributed by atoms with Crippen LogP contribution in [-0.2, 0) is 12.8 Å². The molecule has 1 aliphatic heterocycles. The number of rotatable bonds is 2. The Balaban J connectivity index is 1.69. The zero-order chi connectivity index (χ0) is 16.8. The Hall–Kier alpha value is -2.05. The summed E-state index contributed by atoms with van der Waals surface area (Å²) in [6, 6.07) is 4.00. The molecule has 6 heteroatoms. The van der Waals surface area contributed by atoms with Crippen LogP contribution in [0.5, 0.6) is 0 Å². The Morgan fingerprint density at radius 1 is 1.08 bits per heavy atom. The van der Waals surface area contributed by atoms with Crippen molar-refractivity contribution in [2.24, 2.45) is 0 Å². The van der Waals surface area contributed by atoms with E-state index in [4.69, 9.17) is 9.97 Å². The fourth-order valence-electron chi connectivity index (χ4n) is 3.85.